The third kappa shape index (κ3) is 3.75. The van der Waals surface area contributed by atoms with Crippen molar-refractivity contribution in [3.63, 3.8) is 0 Å². The Balaban J connectivity index is 1.83. The van der Waals surface area contributed by atoms with Gasteiger partial charge in [-0.15, -0.1) is 0 Å². The second-order valence-electron chi connectivity index (χ2n) is 7.64. The number of rotatable bonds is 6. The van der Waals surface area contributed by atoms with E-state index in [0.717, 1.165) is 41.2 Å². The molecule has 27 heavy (non-hydrogen) atoms. The first-order valence-corrected chi connectivity index (χ1v) is 9.51. The first-order chi connectivity index (χ1) is 12.9. The summed E-state index contributed by atoms with van der Waals surface area (Å²) in [7, 11) is 3.64. The van der Waals surface area contributed by atoms with Crippen molar-refractivity contribution in [3.8, 4) is 5.75 Å². The van der Waals surface area contributed by atoms with Crippen LogP contribution in [0.25, 0.3) is 0 Å². The lowest BCUT2D eigenvalue weighted by molar-refractivity contribution is 0.414. The maximum Gasteiger partial charge on any atom is 0.119 e. The summed E-state index contributed by atoms with van der Waals surface area (Å²) in [5, 5.41) is 6.55. The third-order valence-electron chi connectivity index (χ3n) is 5.26. The van der Waals surface area contributed by atoms with E-state index in [1.54, 1.807) is 7.11 Å². The highest BCUT2D eigenvalue weighted by atomic mass is 16.5. The predicted molar refractivity (Wildman–Crippen MR) is 115 cm³/mol. The van der Waals surface area contributed by atoms with Crippen LogP contribution in [0.4, 0.5) is 11.4 Å². The van der Waals surface area contributed by atoms with Crippen molar-refractivity contribution in [3.05, 3.63) is 53.1 Å². The zero-order chi connectivity index (χ0) is 19.6. The number of anilines is 1. The van der Waals surface area contributed by atoms with Gasteiger partial charge in [0.15, 0.2) is 0 Å². The summed E-state index contributed by atoms with van der Waals surface area (Å²) in [6.07, 6.45) is 4.15. The van der Waals surface area contributed by atoms with Gasteiger partial charge in [0.25, 0.3) is 0 Å². The SMILES string of the molecule is CCCc1ccc2c(c1)C(C)(C)C(C=NN(C)c1ccc(OC)cc1C)=N2. The zero-order valence-corrected chi connectivity index (χ0v) is 17.2. The number of methoxy groups -OCH3 is 1. The number of hydrazone groups is 1. The van der Waals surface area contributed by atoms with Crippen LogP contribution in [0.3, 0.4) is 0 Å². The Morgan fingerprint density at radius 2 is 1.96 bits per heavy atom. The van der Waals surface area contributed by atoms with Gasteiger partial charge in [-0.3, -0.25) is 10.0 Å². The van der Waals surface area contributed by atoms with Gasteiger partial charge in [-0.1, -0.05) is 39.3 Å². The summed E-state index contributed by atoms with van der Waals surface area (Å²) in [6, 6.07) is 12.6. The lowest BCUT2D eigenvalue weighted by atomic mass is 9.81. The molecule has 4 heteroatoms. The lowest BCUT2D eigenvalue weighted by Gasteiger charge is -2.21. The fourth-order valence-electron chi connectivity index (χ4n) is 3.54. The van der Waals surface area contributed by atoms with Crippen molar-refractivity contribution < 1.29 is 4.74 Å². The van der Waals surface area contributed by atoms with Gasteiger partial charge < -0.3 is 4.74 Å². The van der Waals surface area contributed by atoms with Gasteiger partial charge in [-0.05, 0) is 54.3 Å². The Hall–Kier alpha value is -2.62. The van der Waals surface area contributed by atoms with E-state index in [4.69, 9.17) is 9.73 Å². The van der Waals surface area contributed by atoms with Crippen LogP contribution in [0, 0.1) is 6.92 Å². The average Bonchev–Trinajstić information content (AvgIpc) is 2.90. The van der Waals surface area contributed by atoms with Crippen molar-refractivity contribution in [2.24, 2.45) is 10.1 Å². The third-order valence-corrected chi connectivity index (χ3v) is 5.26. The first kappa shape index (κ1) is 19.2. The average molecular weight is 364 g/mol. The molecule has 4 nitrogen and oxygen atoms in total. The van der Waals surface area contributed by atoms with Crippen molar-refractivity contribution >= 4 is 23.3 Å². The van der Waals surface area contributed by atoms with Crippen LogP contribution < -0.4 is 9.75 Å². The van der Waals surface area contributed by atoms with Gasteiger partial charge in [-0.2, -0.15) is 5.10 Å². The van der Waals surface area contributed by atoms with Crippen LogP contribution in [0.2, 0.25) is 0 Å². The summed E-state index contributed by atoms with van der Waals surface area (Å²) in [4.78, 5) is 4.84. The number of fused-ring (bicyclic) bond motifs is 1. The molecule has 0 fully saturated rings. The molecule has 1 aliphatic heterocycles. The molecule has 3 rings (SSSR count). The number of nitrogens with zero attached hydrogens (tertiary/aromatic N) is 3. The molecule has 142 valence electrons. The van der Waals surface area contributed by atoms with E-state index >= 15 is 0 Å². The molecule has 1 aliphatic rings. The molecule has 0 saturated heterocycles. The molecule has 0 saturated carbocycles. The predicted octanol–water partition coefficient (Wildman–Crippen LogP) is 5.44. The second kappa shape index (κ2) is 7.55. The van der Waals surface area contributed by atoms with E-state index in [1.165, 1.54) is 11.1 Å². The highest BCUT2D eigenvalue weighted by Gasteiger charge is 2.34. The Bertz CT molecular complexity index is 896. The largest absolute Gasteiger partial charge is 0.497 e. The van der Waals surface area contributed by atoms with Gasteiger partial charge in [0.05, 0.1) is 30.4 Å². The van der Waals surface area contributed by atoms with Crippen LogP contribution in [-0.2, 0) is 11.8 Å². The second-order valence-corrected chi connectivity index (χ2v) is 7.64. The van der Waals surface area contributed by atoms with E-state index in [-0.39, 0.29) is 5.41 Å². The van der Waals surface area contributed by atoms with Crippen molar-refractivity contribution in [1.29, 1.82) is 0 Å². The van der Waals surface area contributed by atoms with Crippen LogP contribution in [-0.4, -0.2) is 26.1 Å². The molecular weight excluding hydrogens is 334 g/mol. The van der Waals surface area contributed by atoms with Crippen LogP contribution >= 0.6 is 0 Å². The highest BCUT2D eigenvalue weighted by Crippen LogP contribution is 2.40. The molecule has 0 bridgehead atoms. The number of aliphatic imine (C=N–C) groups is 1. The Kier molecular flexibility index (Phi) is 5.36. The maximum absolute atomic E-state index is 5.28. The minimum atomic E-state index is -0.140. The Labute approximate surface area is 162 Å². The van der Waals surface area contributed by atoms with Gasteiger partial charge in [0, 0.05) is 12.5 Å². The topological polar surface area (TPSA) is 37.2 Å². The fraction of sp³-hybridized carbons (Fsp3) is 0.391. The number of aryl methyl sites for hydroxylation is 2. The monoisotopic (exact) mass is 363 g/mol. The number of benzene rings is 2. The van der Waals surface area contributed by atoms with Gasteiger partial charge in [-0.25, -0.2) is 0 Å². The van der Waals surface area contributed by atoms with E-state index < -0.39 is 0 Å². The quantitative estimate of drug-likeness (QED) is 0.506. The number of hydrogen-bond donors (Lipinski definition) is 0. The van der Waals surface area contributed by atoms with Gasteiger partial charge in [0.2, 0.25) is 0 Å². The zero-order valence-electron chi connectivity index (χ0n) is 17.2. The minimum Gasteiger partial charge on any atom is -0.497 e. The normalized spacial score (nSPS) is 15.0. The molecule has 0 radical (unpaired) electrons. The summed E-state index contributed by atoms with van der Waals surface area (Å²) >= 11 is 0. The highest BCUT2D eigenvalue weighted by molar-refractivity contribution is 6.36. The van der Waals surface area contributed by atoms with E-state index in [9.17, 15) is 0 Å². The molecule has 0 amide bonds. The van der Waals surface area contributed by atoms with Gasteiger partial charge >= 0.3 is 0 Å². The minimum absolute atomic E-state index is 0.140. The standard InChI is InChI=1S/C23H29N3O/c1-7-8-17-9-11-20-19(14-17)23(3,4)22(25-20)15-24-26(5)21-12-10-18(27-6)13-16(21)2/h9-15H,7-8H2,1-6H3. The first-order valence-electron chi connectivity index (χ1n) is 9.51. The lowest BCUT2D eigenvalue weighted by Crippen LogP contribution is -2.27. The molecule has 0 unspecified atom stereocenters. The molecular formula is C23H29N3O. The summed E-state index contributed by atoms with van der Waals surface area (Å²) < 4.78 is 5.28. The van der Waals surface area contributed by atoms with E-state index in [2.05, 4.69) is 51.0 Å². The van der Waals surface area contributed by atoms with Gasteiger partial charge in [0.1, 0.15) is 5.75 Å². The maximum atomic E-state index is 5.28. The van der Waals surface area contributed by atoms with Crippen molar-refractivity contribution in [2.45, 2.75) is 46.0 Å². The molecule has 2 aromatic rings. The summed E-state index contributed by atoms with van der Waals surface area (Å²) in [6.45, 7) is 8.71. The Morgan fingerprint density at radius 1 is 1.19 bits per heavy atom. The fourth-order valence-corrected chi connectivity index (χ4v) is 3.54. The van der Waals surface area contributed by atoms with E-state index in [1.807, 2.05) is 36.5 Å². The Morgan fingerprint density at radius 3 is 2.63 bits per heavy atom. The summed E-state index contributed by atoms with van der Waals surface area (Å²) in [5.74, 6) is 0.855. The molecule has 0 spiro atoms. The molecule has 1 heterocycles. The number of ether oxygens (including phenoxy) is 1. The molecule has 2 aromatic carbocycles. The molecule has 0 atom stereocenters. The smallest absolute Gasteiger partial charge is 0.119 e. The van der Waals surface area contributed by atoms with E-state index in [0.29, 0.717) is 0 Å². The van der Waals surface area contributed by atoms with Crippen LogP contribution in [0.15, 0.2) is 46.5 Å². The molecule has 0 aliphatic carbocycles. The van der Waals surface area contributed by atoms with Crippen molar-refractivity contribution in [2.75, 3.05) is 19.2 Å². The molecule has 0 N–H and O–H groups in total. The number of hydrogen-bond acceptors (Lipinski definition) is 4. The van der Waals surface area contributed by atoms with Crippen molar-refractivity contribution in [1.82, 2.24) is 0 Å². The van der Waals surface area contributed by atoms with Crippen LogP contribution in [0.1, 0.15) is 43.9 Å². The molecule has 0 aromatic heterocycles. The summed E-state index contributed by atoms with van der Waals surface area (Å²) in [5.41, 5.74) is 6.74. The van der Waals surface area contributed by atoms with Crippen LogP contribution in [0.5, 0.6) is 5.75 Å².